The minimum absolute atomic E-state index is 0.0441. The summed E-state index contributed by atoms with van der Waals surface area (Å²) in [4.78, 5) is 21.1. The molecule has 0 spiro atoms. The fourth-order valence-electron chi connectivity index (χ4n) is 4.32. The zero-order chi connectivity index (χ0) is 25.3. The van der Waals surface area contributed by atoms with Crippen LogP contribution in [0.5, 0.6) is 0 Å². The lowest BCUT2D eigenvalue weighted by molar-refractivity contribution is -0.115. The number of aromatic nitrogens is 1. The molecule has 1 aliphatic heterocycles. The Morgan fingerprint density at radius 2 is 1.91 bits per heavy atom. The summed E-state index contributed by atoms with van der Waals surface area (Å²) in [5, 5.41) is 4.83. The van der Waals surface area contributed by atoms with Gasteiger partial charge in [-0.15, -0.1) is 11.3 Å². The van der Waals surface area contributed by atoms with E-state index in [0.29, 0.717) is 27.6 Å². The van der Waals surface area contributed by atoms with E-state index in [4.69, 9.17) is 28.2 Å². The molecule has 0 radical (unpaired) electrons. The van der Waals surface area contributed by atoms with Crippen molar-refractivity contribution in [3.05, 3.63) is 74.2 Å². The maximum atomic E-state index is 12.6. The average Bonchev–Trinajstić information content (AvgIpc) is 3.32. The molecule has 2 aromatic carbocycles. The van der Waals surface area contributed by atoms with Crippen molar-refractivity contribution in [3.8, 4) is 0 Å². The van der Waals surface area contributed by atoms with Crippen molar-refractivity contribution >= 4 is 55.4 Å². The maximum Gasteiger partial charge on any atom is 0.230 e. The first-order chi connectivity index (χ1) is 16.6. The molecule has 0 aliphatic carbocycles. The molecule has 4 rings (SSSR count). The van der Waals surface area contributed by atoms with Crippen molar-refractivity contribution in [1.82, 2.24) is 9.88 Å². The summed E-state index contributed by atoms with van der Waals surface area (Å²) < 4.78 is 23.9. The predicted octanol–water partition coefficient (Wildman–Crippen LogP) is 6.14. The second kappa shape index (κ2) is 10.6. The van der Waals surface area contributed by atoms with Gasteiger partial charge in [0.15, 0.2) is 15.0 Å². The third-order valence-electron chi connectivity index (χ3n) is 6.03. The highest BCUT2D eigenvalue weighted by atomic mass is 35.5. The number of nitrogens with zero attached hydrogens (tertiary/aromatic N) is 2. The quantitative estimate of drug-likeness (QED) is 0.363. The second-order valence-corrected chi connectivity index (χ2v) is 13.1. The molecule has 0 saturated carbocycles. The van der Waals surface area contributed by atoms with Gasteiger partial charge < -0.3 is 5.32 Å². The molecule has 0 saturated heterocycles. The van der Waals surface area contributed by atoms with E-state index in [2.05, 4.69) is 24.1 Å². The molecule has 1 N–H and O–H groups in total. The molecule has 3 aromatic rings. The third kappa shape index (κ3) is 5.89. The fraction of sp³-hybridized carbons (Fsp3) is 0.360. The van der Waals surface area contributed by atoms with E-state index in [0.717, 1.165) is 28.2 Å². The van der Waals surface area contributed by atoms with E-state index in [9.17, 15) is 13.2 Å². The van der Waals surface area contributed by atoms with Gasteiger partial charge in [0.25, 0.3) is 0 Å². The molecular weight excluding hydrogens is 525 g/mol. The fourth-order valence-corrected chi connectivity index (χ4v) is 6.62. The second-order valence-electron chi connectivity index (χ2n) is 8.93. The van der Waals surface area contributed by atoms with Crippen molar-refractivity contribution in [1.29, 1.82) is 0 Å². The summed E-state index contributed by atoms with van der Waals surface area (Å²) >= 11 is 14.1. The number of amides is 1. The summed E-state index contributed by atoms with van der Waals surface area (Å²) in [7, 11) is -3.26. The lowest BCUT2D eigenvalue weighted by atomic mass is 10.0. The number of nitrogens with one attached hydrogen (secondary N) is 1. The summed E-state index contributed by atoms with van der Waals surface area (Å²) in [6, 6.07) is 12.1. The van der Waals surface area contributed by atoms with Crippen molar-refractivity contribution < 1.29 is 13.2 Å². The van der Waals surface area contributed by atoms with Crippen LogP contribution < -0.4 is 5.32 Å². The average molecular weight is 553 g/mol. The van der Waals surface area contributed by atoms with E-state index in [1.165, 1.54) is 11.3 Å². The van der Waals surface area contributed by atoms with Crippen LogP contribution in [0.25, 0.3) is 0 Å². The molecule has 1 aromatic heterocycles. The van der Waals surface area contributed by atoms with E-state index >= 15 is 0 Å². The van der Waals surface area contributed by atoms with Gasteiger partial charge in [-0.2, -0.15) is 0 Å². The number of benzene rings is 2. The number of hydrogen-bond acceptors (Lipinski definition) is 6. The largest absolute Gasteiger partial charge is 0.302 e. The van der Waals surface area contributed by atoms with Crippen LogP contribution in [0, 0.1) is 5.92 Å². The Morgan fingerprint density at radius 1 is 1.20 bits per heavy atom. The highest BCUT2D eigenvalue weighted by molar-refractivity contribution is 7.91. The molecule has 1 unspecified atom stereocenters. The summed E-state index contributed by atoms with van der Waals surface area (Å²) in [5.74, 6) is 0.174. The predicted molar refractivity (Wildman–Crippen MR) is 142 cm³/mol. The van der Waals surface area contributed by atoms with Crippen molar-refractivity contribution in [2.24, 2.45) is 5.92 Å². The van der Waals surface area contributed by atoms with E-state index < -0.39 is 9.84 Å². The smallest absolute Gasteiger partial charge is 0.230 e. The van der Waals surface area contributed by atoms with E-state index in [1.54, 1.807) is 37.3 Å². The molecule has 0 fully saturated rings. The Bertz CT molecular complexity index is 1340. The van der Waals surface area contributed by atoms with Gasteiger partial charge in [0.1, 0.15) is 0 Å². The van der Waals surface area contributed by atoms with E-state index in [1.807, 2.05) is 12.1 Å². The normalized spacial score (nSPS) is 16.0. The molecule has 1 atom stereocenters. The topological polar surface area (TPSA) is 79.4 Å². The van der Waals surface area contributed by atoms with Crippen LogP contribution in [0.2, 0.25) is 10.0 Å². The molecule has 10 heteroatoms. The Morgan fingerprint density at radius 3 is 2.57 bits per heavy atom. The molecule has 186 valence electrons. The molecule has 0 bridgehead atoms. The number of thiazole rings is 1. The molecule has 6 nitrogen and oxygen atoms in total. The number of rotatable bonds is 8. The number of carbonyl (C=O) groups is 1. The standard InChI is InChI=1S/C25H27Cl2N3O3S2/c1-4-35(32,33)19-8-5-16(6-9-19)11-22(31)28-25-29-23-21(34-25)14-30(24(23)15(2)3)13-17-12-18(26)7-10-20(17)27/h5-10,12,15,24H,4,11,13-14H2,1-3H3,(H,28,29,31). The first-order valence-electron chi connectivity index (χ1n) is 11.4. The summed E-state index contributed by atoms with van der Waals surface area (Å²) in [6.07, 6.45) is 0.143. The van der Waals surface area contributed by atoms with Crippen LogP contribution >= 0.6 is 34.5 Å². The van der Waals surface area contributed by atoms with Gasteiger partial charge in [0, 0.05) is 28.0 Å². The van der Waals surface area contributed by atoms with Gasteiger partial charge in [-0.25, -0.2) is 13.4 Å². The van der Waals surface area contributed by atoms with Crippen LogP contribution in [-0.2, 0) is 34.1 Å². The van der Waals surface area contributed by atoms with Crippen LogP contribution in [0.3, 0.4) is 0 Å². The monoisotopic (exact) mass is 551 g/mol. The molecule has 1 amide bonds. The molecule has 2 heterocycles. The van der Waals surface area contributed by atoms with Crippen molar-refractivity contribution in [2.45, 2.75) is 51.2 Å². The maximum absolute atomic E-state index is 12.6. The lowest BCUT2D eigenvalue weighted by Gasteiger charge is -2.28. The number of halogens is 2. The zero-order valence-corrected chi connectivity index (χ0v) is 22.9. The lowest BCUT2D eigenvalue weighted by Crippen LogP contribution is -2.26. The third-order valence-corrected chi connectivity index (χ3v) is 9.36. The van der Waals surface area contributed by atoms with E-state index in [-0.39, 0.29) is 29.0 Å². The van der Waals surface area contributed by atoms with Crippen molar-refractivity contribution in [3.63, 3.8) is 0 Å². The minimum Gasteiger partial charge on any atom is -0.302 e. The van der Waals surface area contributed by atoms with Gasteiger partial charge in [0.2, 0.25) is 5.91 Å². The minimum atomic E-state index is -3.26. The van der Waals surface area contributed by atoms with Gasteiger partial charge in [-0.1, -0.05) is 56.1 Å². The van der Waals surface area contributed by atoms with Gasteiger partial charge in [-0.3, -0.25) is 9.69 Å². The molecular formula is C25H27Cl2N3O3S2. The van der Waals surface area contributed by atoms with Crippen LogP contribution in [0.1, 0.15) is 48.5 Å². The van der Waals surface area contributed by atoms with Crippen LogP contribution in [0.4, 0.5) is 5.13 Å². The molecule has 35 heavy (non-hydrogen) atoms. The Balaban J connectivity index is 1.44. The zero-order valence-electron chi connectivity index (χ0n) is 19.7. The van der Waals surface area contributed by atoms with Gasteiger partial charge >= 0.3 is 0 Å². The van der Waals surface area contributed by atoms with Crippen LogP contribution in [-0.4, -0.2) is 30.0 Å². The number of hydrogen-bond donors (Lipinski definition) is 1. The number of anilines is 1. The highest BCUT2D eigenvalue weighted by Gasteiger charge is 2.36. The highest BCUT2D eigenvalue weighted by Crippen LogP contribution is 2.43. The molecule has 1 aliphatic rings. The Kier molecular flexibility index (Phi) is 7.88. The Labute approximate surface area is 220 Å². The van der Waals surface area contributed by atoms with Crippen LogP contribution in [0.15, 0.2) is 47.4 Å². The SMILES string of the molecule is CCS(=O)(=O)c1ccc(CC(=O)Nc2nc3c(s2)CN(Cc2cc(Cl)ccc2Cl)C3C(C)C)cc1. The number of carbonyl (C=O) groups excluding carboxylic acids is 1. The first kappa shape index (κ1) is 26.1. The number of sulfone groups is 1. The summed E-state index contributed by atoms with van der Waals surface area (Å²) in [6.45, 7) is 7.31. The van der Waals surface area contributed by atoms with Crippen molar-refractivity contribution in [2.75, 3.05) is 11.1 Å². The number of fused-ring (bicyclic) bond motifs is 1. The Hall–Kier alpha value is -1.97. The first-order valence-corrected chi connectivity index (χ1v) is 14.6. The van der Waals surface area contributed by atoms with Gasteiger partial charge in [0.05, 0.1) is 28.8 Å². The summed E-state index contributed by atoms with van der Waals surface area (Å²) in [5.41, 5.74) is 2.71. The van der Waals surface area contributed by atoms with Gasteiger partial charge in [-0.05, 0) is 47.4 Å².